The van der Waals surface area contributed by atoms with Crippen LogP contribution in [0.4, 0.5) is 5.69 Å². The van der Waals surface area contributed by atoms with Crippen molar-refractivity contribution in [3.63, 3.8) is 0 Å². The molecule has 5 nitrogen and oxygen atoms in total. The quantitative estimate of drug-likeness (QED) is 0.674. The number of aromatic nitrogens is 1. The molecule has 1 atom stereocenters. The molecule has 2 N–H and O–H groups in total. The van der Waals surface area contributed by atoms with Crippen LogP contribution >= 0.6 is 0 Å². The Morgan fingerprint density at radius 2 is 1.95 bits per heavy atom. The van der Waals surface area contributed by atoms with E-state index in [9.17, 15) is 10.1 Å². The molecule has 1 heterocycles. The lowest BCUT2D eigenvalue weighted by molar-refractivity contribution is -0.385. The number of nitro groups is 1. The molecule has 98 valence electrons. The van der Waals surface area contributed by atoms with E-state index in [0.29, 0.717) is 12.1 Å². The van der Waals surface area contributed by atoms with E-state index < -0.39 is 4.92 Å². The minimum Gasteiger partial charge on any atom is -0.324 e. The standard InChI is InChI=1S/C14H15N3O2/c1-10-14(17(18)19)8-7-12(16-10)9-13(15)11-5-3-2-4-6-11/h2-8,13H,9,15H2,1H3. The maximum atomic E-state index is 10.7. The third-order valence-electron chi connectivity index (χ3n) is 2.97. The van der Waals surface area contributed by atoms with Gasteiger partial charge in [0.1, 0.15) is 5.69 Å². The lowest BCUT2D eigenvalue weighted by atomic mass is 10.0. The Morgan fingerprint density at radius 1 is 1.26 bits per heavy atom. The normalized spacial score (nSPS) is 12.1. The molecule has 5 heteroatoms. The summed E-state index contributed by atoms with van der Waals surface area (Å²) in [6.07, 6.45) is 0.558. The lowest BCUT2D eigenvalue weighted by Gasteiger charge is -2.11. The molecule has 0 spiro atoms. The van der Waals surface area contributed by atoms with Crippen LogP contribution in [0.2, 0.25) is 0 Å². The van der Waals surface area contributed by atoms with Crippen LogP contribution in [0.5, 0.6) is 0 Å². The van der Waals surface area contributed by atoms with E-state index in [1.54, 1.807) is 13.0 Å². The van der Waals surface area contributed by atoms with Crippen molar-refractivity contribution in [2.24, 2.45) is 5.73 Å². The number of pyridine rings is 1. The van der Waals surface area contributed by atoms with Gasteiger partial charge in [0.2, 0.25) is 0 Å². The smallest absolute Gasteiger partial charge is 0.290 e. The Hall–Kier alpha value is -2.27. The molecule has 1 aromatic heterocycles. The molecule has 0 aliphatic carbocycles. The summed E-state index contributed by atoms with van der Waals surface area (Å²) in [4.78, 5) is 14.5. The molecule has 0 amide bonds. The summed E-state index contributed by atoms with van der Waals surface area (Å²) in [7, 11) is 0. The van der Waals surface area contributed by atoms with E-state index in [-0.39, 0.29) is 11.7 Å². The predicted molar refractivity (Wildman–Crippen MR) is 72.7 cm³/mol. The van der Waals surface area contributed by atoms with E-state index in [0.717, 1.165) is 11.3 Å². The second kappa shape index (κ2) is 5.58. The van der Waals surface area contributed by atoms with Crippen molar-refractivity contribution < 1.29 is 4.92 Å². The Bertz CT molecular complexity index is 584. The first-order valence-electron chi connectivity index (χ1n) is 5.99. The molecule has 0 saturated carbocycles. The molecule has 0 radical (unpaired) electrons. The summed E-state index contributed by atoms with van der Waals surface area (Å²) in [6.45, 7) is 1.63. The van der Waals surface area contributed by atoms with Crippen LogP contribution < -0.4 is 5.73 Å². The molecular weight excluding hydrogens is 242 g/mol. The highest BCUT2D eigenvalue weighted by Crippen LogP contribution is 2.19. The highest BCUT2D eigenvalue weighted by atomic mass is 16.6. The first kappa shape index (κ1) is 13.2. The van der Waals surface area contributed by atoms with Crippen molar-refractivity contribution >= 4 is 5.69 Å². The van der Waals surface area contributed by atoms with Crippen LogP contribution in [0.1, 0.15) is 23.0 Å². The number of hydrogen-bond donors (Lipinski definition) is 1. The molecule has 0 aliphatic heterocycles. The predicted octanol–water partition coefficient (Wildman–Crippen LogP) is 2.54. The number of aryl methyl sites for hydroxylation is 1. The average Bonchev–Trinajstić information content (AvgIpc) is 2.39. The van der Waals surface area contributed by atoms with E-state index in [1.165, 1.54) is 6.07 Å². The van der Waals surface area contributed by atoms with Crippen LogP contribution in [-0.4, -0.2) is 9.91 Å². The summed E-state index contributed by atoms with van der Waals surface area (Å²) in [5.41, 5.74) is 8.35. The fraction of sp³-hybridized carbons (Fsp3) is 0.214. The number of nitrogens with zero attached hydrogens (tertiary/aromatic N) is 2. The second-order valence-electron chi connectivity index (χ2n) is 4.39. The topological polar surface area (TPSA) is 82.0 Å². The first-order valence-corrected chi connectivity index (χ1v) is 5.99. The zero-order valence-electron chi connectivity index (χ0n) is 10.6. The van der Waals surface area contributed by atoms with Crippen molar-refractivity contribution in [3.05, 3.63) is 69.5 Å². The van der Waals surface area contributed by atoms with Crippen molar-refractivity contribution in [1.82, 2.24) is 4.98 Å². The third kappa shape index (κ3) is 3.14. The summed E-state index contributed by atoms with van der Waals surface area (Å²) in [6, 6.07) is 12.7. The zero-order chi connectivity index (χ0) is 13.8. The van der Waals surface area contributed by atoms with Crippen molar-refractivity contribution in [2.75, 3.05) is 0 Å². The van der Waals surface area contributed by atoms with E-state index in [4.69, 9.17) is 5.73 Å². The van der Waals surface area contributed by atoms with Crippen LogP contribution in [0.3, 0.4) is 0 Å². The fourth-order valence-electron chi connectivity index (χ4n) is 1.96. The molecule has 2 aromatic rings. The molecule has 0 aliphatic rings. The molecule has 19 heavy (non-hydrogen) atoms. The van der Waals surface area contributed by atoms with E-state index >= 15 is 0 Å². The van der Waals surface area contributed by atoms with Gasteiger partial charge in [0.15, 0.2) is 0 Å². The molecular formula is C14H15N3O2. The first-order chi connectivity index (χ1) is 9.08. The molecule has 1 unspecified atom stereocenters. The van der Waals surface area contributed by atoms with Gasteiger partial charge in [-0.2, -0.15) is 0 Å². The number of nitrogens with two attached hydrogens (primary N) is 1. The summed E-state index contributed by atoms with van der Waals surface area (Å²) in [5, 5.41) is 10.7. The summed E-state index contributed by atoms with van der Waals surface area (Å²) >= 11 is 0. The van der Waals surface area contributed by atoms with Gasteiger partial charge in [-0.25, -0.2) is 0 Å². The molecule has 0 bridgehead atoms. The minimum atomic E-state index is -0.427. The van der Waals surface area contributed by atoms with Gasteiger partial charge in [0, 0.05) is 24.2 Å². The molecule has 0 saturated heterocycles. The van der Waals surface area contributed by atoms with Crippen LogP contribution in [-0.2, 0) is 6.42 Å². The van der Waals surface area contributed by atoms with Gasteiger partial charge in [-0.1, -0.05) is 30.3 Å². The summed E-state index contributed by atoms with van der Waals surface area (Å²) < 4.78 is 0. The minimum absolute atomic E-state index is 0.0389. The molecule has 0 fully saturated rings. The summed E-state index contributed by atoms with van der Waals surface area (Å²) in [5.74, 6) is 0. The third-order valence-corrected chi connectivity index (χ3v) is 2.97. The van der Waals surface area contributed by atoms with Gasteiger partial charge in [-0.05, 0) is 18.6 Å². The van der Waals surface area contributed by atoms with Gasteiger partial charge >= 0.3 is 0 Å². The Balaban J connectivity index is 2.16. The van der Waals surface area contributed by atoms with Crippen LogP contribution in [0.25, 0.3) is 0 Å². The van der Waals surface area contributed by atoms with E-state index in [2.05, 4.69) is 4.98 Å². The van der Waals surface area contributed by atoms with Gasteiger partial charge in [-0.15, -0.1) is 0 Å². The van der Waals surface area contributed by atoms with E-state index in [1.807, 2.05) is 30.3 Å². The second-order valence-corrected chi connectivity index (χ2v) is 4.39. The Morgan fingerprint density at radius 3 is 2.53 bits per heavy atom. The van der Waals surface area contributed by atoms with Crippen molar-refractivity contribution in [3.8, 4) is 0 Å². The largest absolute Gasteiger partial charge is 0.324 e. The molecule has 1 aromatic carbocycles. The van der Waals surface area contributed by atoms with Gasteiger partial charge in [0.05, 0.1) is 4.92 Å². The number of benzene rings is 1. The zero-order valence-corrected chi connectivity index (χ0v) is 10.6. The average molecular weight is 257 g/mol. The van der Waals surface area contributed by atoms with Crippen LogP contribution in [0, 0.1) is 17.0 Å². The van der Waals surface area contributed by atoms with Crippen molar-refractivity contribution in [2.45, 2.75) is 19.4 Å². The fourth-order valence-corrected chi connectivity index (χ4v) is 1.96. The lowest BCUT2D eigenvalue weighted by Crippen LogP contribution is -2.14. The highest BCUT2D eigenvalue weighted by Gasteiger charge is 2.13. The maximum absolute atomic E-state index is 10.7. The highest BCUT2D eigenvalue weighted by molar-refractivity contribution is 5.35. The number of hydrogen-bond acceptors (Lipinski definition) is 4. The molecule has 2 rings (SSSR count). The van der Waals surface area contributed by atoms with Gasteiger partial charge < -0.3 is 5.73 Å². The van der Waals surface area contributed by atoms with Crippen molar-refractivity contribution in [1.29, 1.82) is 0 Å². The van der Waals surface area contributed by atoms with Gasteiger partial charge in [-0.3, -0.25) is 15.1 Å². The number of rotatable bonds is 4. The Labute approximate surface area is 111 Å². The maximum Gasteiger partial charge on any atom is 0.290 e. The monoisotopic (exact) mass is 257 g/mol. The SMILES string of the molecule is Cc1nc(CC(N)c2ccccc2)ccc1[N+](=O)[O-]. The Kier molecular flexibility index (Phi) is 3.87. The van der Waals surface area contributed by atoms with Gasteiger partial charge in [0.25, 0.3) is 5.69 Å². The van der Waals surface area contributed by atoms with Crippen LogP contribution in [0.15, 0.2) is 42.5 Å².